The van der Waals surface area contributed by atoms with Gasteiger partial charge in [0.15, 0.2) is 6.29 Å². The summed E-state index contributed by atoms with van der Waals surface area (Å²) in [6.07, 6.45) is -7.72. The molecule has 0 saturated carbocycles. The smallest absolute Gasteiger partial charge is 0.726 e. The van der Waals surface area contributed by atoms with Crippen LogP contribution in [0.2, 0.25) is 0 Å². The molecular weight excluding hydrogens is 349 g/mol. The first-order valence-corrected chi connectivity index (χ1v) is 7.73. The van der Waals surface area contributed by atoms with E-state index >= 15 is 0 Å². The second-order valence-corrected chi connectivity index (χ2v) is 6.02. The van der Waals surface area contributed by atoms with E-state index in [1.165, 1.54) is 4.72 Å². The molecule has 5 unspecified atom stereocenters. The molecular formula is C6H12NNaO11S2. The van der Waals surface area contributed by atoms with Gasteiger partial charge in [0.1, 0.15) is 18.3 Å². The largest absolute Gasteiger partial charge is 1.00 e. The van der Waals surface area contributed by atoms with Crippen LogP contribution in [-0.2, 0) is 29.6 Å². The molecule has 0 radical (unpaired) electrons. The SMILES string of the molecule is O=S(=O)(O)NC1C(O)C(CO)OC(O)C1OS(=O)(=O)[O-].[Na+]. The van der Waals surface area contributed by atoms with Crippen LogP contribution in [0.25, 0.3) is 0 Å². The fourth-order valence-electron chi connectivity index (χ4n) is 1.64. The van der Waals surface area contributed by atoms with Crippen molar-refractivity contribution < 1.29 is 79.7 Å². The summed E-state index contributed by atoms with van der Waals surface area (Å²) in [5.41, 5.74) is 0. The molecule has 1 heterocycles. The fourth-order valence-corrected chi connectivity index (χ4v) is 2.75. The third-order valence-corrected chi connectivity index (χ3v) is 3.42. The molecule has 1 saturated heterocycles. The van der Waals surface area contributed by atoms with E-state index in [9.17, 15) is 31.6 Å². The van der Waals surface area contributed by atoms with E-state index in [1.54, 1.807) is 0 Å². The van der Waals surface area contributed by atoms with Gasteiger partial charge in [-0.1, -0.05) is 0 Å². The van der Waals surface area contributed by atoms with Gasteiger partial charge in [-0.05, 0) is 0 Å². The molecule has 1 aliphatic heterocycles. The Balaban J connectivity index is 0.00000400. The quantitative estimate of drug-likeness (QED) is 0.177. The van der Waals surface area contributed by atoms with Crippen LogP contribution in [0.1, 0.15) is 0 Å². The van der Waals surface area contributed by atoms with Crippen LogP contribution in [0.4, 0.5) is 0 Å². The van der Waals surface area contributed by atoms with Crippen molar-refractivity contribution in [2.24, 2.45) is 0 Å². The zero-order valence-electron chi connectivity index (χ0n) is 10.6. The van der Waals surface area contributed by atoms with Gasteiger partial charge in [-0.15, -0.1) is 0 Å². The maximum absolute atomic E-state index is 10.7. The summed E-state index contributed by atoms with van der Waals surface area (Å²) in [7, 11) is -10.3. The van der Waals surface area contributed by atoms with Crippen molar-refractivity contribution in [3.05, 3.63) is 0 Å². The van der Waals surface area contributed by atoms with Crippen LogP contribution < -0.4 is 34.3 Å². The summed E-state index contributed by atoms with van der Waals surface area (Å²) < 4.78 is 71.4. The van der Waals surface area contributed by atoms with Crippen LogP contribution in [0, 0.1) is 0 Å². The molecule has 120 valence electrons. The van der Waals surface area contributed by atoms with Crippen molar-refractivity contribution in [3.63, 3.8) is 0 Å². The number of hydrogen-bond acceptors (Lipinski definition) is 10. The molecule has 1 fully saturated rings. The second kappa shape index (κ2) is 7.91. The molecule has 0 aromatic heterocycles. The third-order valence-electron chi connectivity index (χ3n) is 2.39. The van der Waals surface area contributed by atoms with E-state index in [0.29, 0.717) is 0 Å². The zero-order chi connectivity index (χ0) is 15.7. The third kappa shape index (κ3) is 6.69. The molecule has 0 aromatic rings. The molecule has 1 aliphatic rings. The predicted octanol–water partition coefficient (Wildman–Crippen LogP) is -7.33. The Labute approximate surface area is 142 Å². The summed E-state index contributed by atoms with van der Waals surface area (Å²) in [6, 6.07) is -1.95. The van der Waals surface area contributed by atoms with Gasteiger partial charge in [-0.25, -0.2) is 8.42 Å². The van der Waals surface area contributed by atoms with Gasteiger partial charge in [-0.3, -0.25) is 8.74 Å². The minimum atomic E-state index is -5.37. The van der Waals surface area contributed by atoms with E-state index in [2.05, 4.69) is 8.92 Å². The van der Waals surface area contributed by atoms with Crippen LogP contribution in [0.3, 0.4) is 0 Å². The maximum Gasteiger partial charge on any atom is 1.00 e. The maximum atomic E-state index is 10.7. The van der Waals surface area contributed by atoms with Gasteiger partial charge >= 0.3 is 39.9 Å². The van der Waals surface area contributed by atoms with Gasteiger partial charge in [0, 0.05) is 0 Å². The van der Waals surface area contributed by atoms with Crippen molar-refractivity contribution in [2.45, 2.75) is 30.6 Å². The van der Waals surface area contributed by atoms with Gasteiger partial charge in [0.2, 0.25) is 10.4 Å². The van der Waals surface area contributed by atoms with Crippen molar-refractivity contribution in [1.29, 1.82) is 0 Å². The topological polar surface area (TPSA) is 203 Å². The van der Waals surface area contributed by atoms with Gasteiger partial charge in [0.05, 0.1) is 12.6 Å². The summed E-state index contributed by atoms with van der Waals surface area (Å²) in [6.45, 7) is -0.862. The molecule has 0 bridgehead atoms. The molecule has 15 heteroatoms. The van der Waals surface area contributed by atoms with E-state index in [1.807, 2.05) is 0 Å². The number of aliphatic hydroxyl groups excluding tert-OH is 3. The van der Waals surface area contributed by atoms with Crippen molar-refractivity contribution in [3.8, 4) is 0 Å². The fraction of sp³-hybridized carbons (Fsp3) is 1.00. The minimum Gasteiger partial charge on any atom is -0.726 e. The monoisotopic (exact) mass is 361 g/mol. The Bertz CT molecular complexity index is 535. The Morgan fingerprint density at radius 1 is 1.24 bits per heavy atom. The Hall–Kier alpha value is 0.580. The summed E-state index contributed by atoms with van der Waals surface area (Å²) in [5.74, 6) is 0. The van der Waals surface area contributed by atoms with Crippen molar-refractivity contribution in [2.75, 3.05) is 6.61 Å². The molecule has 0 amide bonds. The molecule has 5 atom stereocenters. The number of ether oxygens (including phenoxy) is 1. The predicted molar refractivity (Wildman–Crippen MR) is 57.0 cm³/mol. The molecule has 12 nitrogen and oxygen atoms in total. The number of hydrogen-bond donors (Lipinski definition) is 5. The summed E-state index contributed by atoms with van der Waals surface area (Å²) in [5, 5.41) is 28.0. The zero-order valence-corrected chi connectivity index (χ0v) is 14.2. The number of nitrogens with one attached hydrogen (secondary N) is 1. The number of rotatable bonds is 5. The van der Waals surface area contributed by atoms with Crippen LogP contribution in [0.15, 0.2) is 0 Å². The Kier molecular flexibility index (Phi) is 8.13. The van der Waals surface area contributed by atoms with Crippen molar-refractivity contribution >= 4 is 20.7 Å². The van der Waals surface area contributed by atoms with E-state index < -0.39 is 58.0 Å². The molecule has 5 N–H and O–H groups in total. The average molecular weight is 361 g/mol. The molecule has 0 spiro atoms. The Morgan fingerprint density at radius 2 is 1.76 bits per heavy atom. The van der Waals surface area contributed by atoms with Gasteiger partial charge < -0.3 is 24.6 Å². The van der Waals surface area contributed by atoms with Crippen LogP contribution in [-0.4, -0.2) is 78.5 Å². The van der Waals surface area contributed by atoms with Gasteiger partial charge in [-0.2, -0.15) is 13.1 Å². The first-order valence-electron chi connectivity index (χ1n) is 4.96. The molecule has 0 aromatic carbocycles. The van der Waals surface area contributed by atoms with Crippen molar-refractivity contribution in [1.82, 2.24) is 4.72 Å². The summed E-state index contributed by atoms with van der Waals surface area (Å²) >= 11 is 0. The molecule has 1 rings (SSSR count). The first kappa shape index (κ1) is 21.6. The first-order chi connectivity index (χ1) is 8.94. The average Bonchev–Trinajstić information content (AvgIpc) is 2.25. The minimum absolute atomic E-state index is 0. The van der Waals surface area contributed by atoms with E-state index in [4.69, 9.17) is 9.66 Å². The molecule has 21 heavy (non-hydrogen) atoms. The molecule has 0 aliphatic carbocycles. The number of aliphatic hydroxyl groups is 3. The standard InChI is InChI=1S/C6H13NO11S2.Na/c8-1-2-4(9)3(7-19(11,12)13)5(6(10)17-2)18-20(14,15)16;/h2-10H,1H2,(H,11,12,13)(H,14,15,16);/q;+1/p-1. The van der Waals surface area contributed by atoms with Crippen LogP contribution >= 0.6 is 0 Å². The van der Waals surface area contributed by atoms with E-state index in [0.717, 1.165) is 0 Å². The normalized spacial score (nSPS) is 34.2. The van der Waals surface area contributed by atoms with Gasteiger partial charge in [0.25, 0.3) is 0 Å². The summed E-state index contributed by atoms with van der Waals surface area (Å²) in [4.78, 5) is 0. The van der Waals surface area contributed by atoms with Crippen LogP contribution in [0.5, 0.6) is 0 Å². The Morgan fingerprint density at radius 3 is 2.14 bits per heavy atom. The second-order valence-electron chi connectivity index (χ2n) is 3.83. The van der Waals surface area contributed by atoms with E-state index in [-0.39, 0.29) is 29.6 Å².